The summed E-state index contributed by atoms with van der Waals surface area (Å²) in [7, 11) is -0.743. The zero-order valence-corrected chi connectivity index (χ0v) is 33.6. The topological polar surface area (TPSA) is 164 Å². The molecule has 3 heterocycles. The first-order valence-corrected chi connectivity index (χ1v) is 21.3. The summed E-state index contributed by atoms with van der Waals surface area (Å²) < 4.78 is 33.8. The number of carbonyl (C=O) groups excluding carboxylic acids is 3. The van der Waals surface area contributed by atoms with Crippen molar-refractivity contribution < 1.29 is 42.5 Å². The quantitative estimate of drug-likeness (QED) is 0.0470. The number of thioether (sulfide) groups is 1. The largest absolute Gasteiger partial charge is 0.484 e. The van der Waals surface area contributed by atoms with E-state index in [4.69, 9.17) is 18.9 Å². The highest BCUT2D eigenvalue weighted by atomic mass is 32.2. The fraction of sp³-hybridized carbons (Fsp3) is 0.439. The lowest BCUT2D eigenvalue weighted by atomic mass is 10.0. The Morgan fingerprint density at radius 3 is 2.43 bits per heavy atom. The number of benzene rings is 3. The summed E-state index contributed by atoms with van der Waals surface area (Å²) in [5.41, 5.74) is 2.56. The molecule has 3 aliphatic rings. The van der Waals surface area contributed by atoms with Gasteiger partial charge in [0.05, 0.1) is 4.92 Å². The predicted molar refractivity (Wildman–Crippen MR) is 215 cm³/mol. The molecule has 300 valence electrons. The van der Waals surface area contributed by atoms with Gasteiger partial charge in [-0.3, -0.25) is 28.8 Å². The Kier molecular flexibility index (Phi) is 15.7. The first-order chi connectivity index (χ1) is 27.0. The van der Waals surface area contributed by atoms with Crippen LogP contribution >= 0.6 is 11.8 Å². The SMILES string of the molecule is CC1=C(C(=O)OCc2ccc([N+](=O)[O-])cc2)N2C(=O)C(NC(=O)COc3ccccc3)[C@H]2SC1.CCCCCCCCS(=O)C(C)Cc1ccc2c(c1)OCO2. The zero-order valence-electron chi connectivity index (χ0n) is 31.9. The molecule has 13 nitrogen and oxygen atoms in total. The molecule has 3 aliphatic heterocycles. The van der Waals surface area contributed by atoms with Gasteiger partial charge < -0.3 is 24.3 Å². The van der Waals surface area contributed by atoms with E-state index < -0.39 is 44.9 Å². The minimum absolute atomic E-state index is 0.0609. The second-order valence-electron chi connectivity index (χ2n) is 13.7. The maximum absolute atomic E-state index is 12.8. The number of rotatable bonds is 18. The number of esters is 1. The van der Waals surface area contributed by atoms with Crippen LogP contribution in [0.4, 0.5) is 5.69 Å². The lowest BCUT2D eigenvalue weighted by Crippen LogP contribution is -2.70. The lowest BCUT2D eigenvalue weighted by molar-refractivity contribution is -0.384. The summed E-state index contributed by atoms with van der Waals surface area (Å²) in [6.45, 7) is 6.04. The van der Waals surface area contributed by atoms with Gasteiger partial charge in [0.1, 0.15) is 29.5 Å². The van der Waals surface area contributed by atoms with Crippen molar-refractivity contribution in [3.63, 3.8) is 0 Å². The molecule has 56 heavy (non-hydrogen) atoms. The van der Waals surface area contributed by atoms with Gasteiger partial charge in [0.2, 0.25) is 6.79 Å². The molecule has 0 bridgehead atoms. The molecule has 0 radical (unpaired) electrons. The summed E-state index contributed by atoms with van der Waals surface area (Å²) in [6.07, 6.45) is 8.32. The van der Waals surface area contributed by atoms with E-state index in [0.29, 0.717) is 29.4 Å². The molecular weight excluding hydrogens is 759 g/mol. The van der Waals surface area contributed by atoms with E-state index in [2.05, 4.69) is 19.2 Å². The van der Waals surface area contributed by atoms with Crippen LogP contribution < -0.4 is 19.5 Å². The number of para-hydroxylation sites is 1. The highest BCUT2D eigenvalue weighted by Crippen LogP contribution is 2.40. The van der Waals surface area contributed by atoms with Crippen LogP contribution in [0.5, 0.6) is 17.2 Å². The van der Waals surface area contributed by atoms with Crippen LogP contribution in [0.3, 0.4) is 0 Å². The fourth-order valence-corrected chi connectivity index (χ4v) is 8.85. The van der Waals surface area contributed by atoms with Gasteiger partial charge in [0.25, 0.3) is 17.5 Å². The molecule has 1 fully saturated rings. The number of β-lactam (4-membered cyclic amide) rings is 1. The van der Waals surface area contributed by atoms with Crippen LogP contribution in [-0.2, 0) is 42.9 Å². The first-order valence-electron chi connectivity index (χ1n) is 18.8. The Balaban J connectivity index is 0.000000236. The number of amides is 2. The van der Waals surface area contributed by atoms with Crippen molar-refractivity contribution in [2.75, 3.05) is 24.9 Å². The van der Waals surface area contributed by atoms with Crippen LogP contribution in [-0.4, -0.2) is 73.4 Å². The van der Waals surface area contributed by atoms with Gasteiger partial charge in [-0.05, 0) is 72.9 Å². The van der Waals surface area contributed by atoms with Crippen molar-refractivity contribution in [1.82, 2.24) is 10.2 Å². The van der Waals surface area contributed by atoms with Crippen LogP contribution in [0.1, 0.15) is 70.4 Å². The number of nitro benzene ring substituents is 1. The zero-order chi connectivity index (χ0) is 40.0. The average Bonchev–Trinajstić information content (AvgIpc) is 3.68. The first kappa shape index (κ1) is 42.3. The highest BCUT2D eigenvalue weighted by Gasteiger charge is 2.54. The van der Waals surface area contributed by atoms with Crippen LogP contribution in [0, 0.1) is 10.1 Å². The number of fused-ring (bicyclic) bond motifs is 2. The van der Waals surface area contributed by atoms with Gasteiger partial charge in [0, 0.05) is 39.7 Å². The van der Waals surface area contributed by atoms with Crippen molar-refractivity contribution >= 4 is 46.0 Å². The Bertz CT molecular complexity index is 1890. The van der Waals surface area contributed by atoms with E-state index in [0.717, 1.165) is 30.1 Å². The second-order valence-corrected chi connectivity index (χ2v) is 16.8. The average molecular weight is 808 g/mol. The summed E-state index contributed by atoms with van der Waals surface area (Å²) in [4.78, 5) is 49.5. The molecule has 3 aromatic carbocycles. The third-order valence-corrected chi connectivity index (χ3v) is 12.6. The van der Waals surface area contributed by atoms with Gasteiger partial charge in [0.15, 0.2) is 18.1 Å². The van der Waals surface area contributed by atoms with Crippen LogP contribution in [0.25, 0.3) is 0 Å². The molecule has 1 N–H and O–H groups in total. The smallest absolute Gasteiger partial charge is 0.355 e. The van der Waals surface area contributed by atoms with Crippen molar-refractivity contribution in [2.24, 2.45) is 0 Å². The Labute approximate surface area is 334 Å². The van der Waals surface area contributed by atoms with Gasteiger partial charge in [-0.1, -0.05) is 70.2 Å². The molecule has 3 unspecified atom stereocenters. The molecule has 2 amide bonds. The van der Waals surface area contributed by atoms with E-state index in [1.807, 2.05) is 24.3 Å². The third kappa shape index (κ3) is 11.6. The summed E-state index contributed by atoms with van der Waals surface area (Å²) >= 11 is 1.45. The van der Waals surface area contributed by atoms with Crippen molar-refractivity contribution in [1.29, 1.82) is 0 Å². The fourth-order valence-electron chi connectivity index (χ4n) is 6.29. The maximum Gasteiger partial charge on any atom is 0.355 e. The van der Waals surface area contributed by atoms with Gasteiger partial charge in [-0.2, -0.15) is 0 Å². The van der Waals surface area contributed by atoms with Crippen molar-refractivity contribution in [3.05, 3.63) is 105 Å². The molecular formula is C41H49N3O10S2. The van der Waals surface area contributed by atoms with Crippen molar-refractivity contribution in [3.8, 4) is 17.2 Å². The molecule has 4 atom stereocenters. The molecule has 0 aliphatic carbocycles. The van der Waals surface area contributed by atoms with Gasteiger partial charge in [-0.15, -0.1) is 11.8 Å². The molecule has 15 heteroatoms. The number of nitrogens with zero attached hydrogens (tertiary/aromatic N) is 2. The Morgan fingerprint density at radius 2 is 1.70 bits per heavy atom. The van der Waals surface area contributed by atoms with Crippen LogP contribution in [0.2, 0.25) is 0 Å². The monoisotopic (exact) mass is 807 g/mol. The number of hydrogen-bond acceptors (Lipinski definition) is 11. The van der Waals surface area contributed by atoms with E-state index >= 15 is 0 Å². The summed E-state index contributed by atoms with van der Waals surface area (Å²) in [6, 6.07) is 19.8. The van der Waals surface area contributed by atoms with E-state index in [1.165, 1.54) is 78.6 Å². The molecule has 3 aromatic rings. The summed E-state index contributed by atoms with van der Waals surface area (Å²) in [5, 5.41) is 13.2. The number of nitrogens with one attached hydrogen (secondary N) is 1. The number of non-ortho nitro benzene ring substituents is 1. The van der Waals surface area contributed by atoms with E-state index in [-0.39, 0.29) is 29.8 Å². The molecule has 0 spiro atoms. The Morgan fingerprint density at radius 1 is 1.00 bits per heavy atom. The standard InChI is InChI=1S/C23H21N3O7S.C18H28O3S/c1-14-13-34-22-19(24-18(27)12-32-17-5-3-2-4-6-17)21(28)25(22)20(14)23(29)33-11-15-7-9-16(10-8-15)26(30)31;1-3-4-5-6-7-8-11-22(19)15(2)12-16-9-10-17-18(13-16)21-14-20-17/h2-10,19,22H,11-13H2,1H3,(H,24,27);9-10,13,15H,3-8,11-12,14H2,1-2H3/t19?,22-;/m1./s1. The number of hydrogen-bond donors (Lipinski definition) is 1. The summed E-state index contributed by atoms with van der Waals surface area (Å²) in [5.74, 6) is 2.01. The molecule has 0 saturated carbocycles. The second kappa shape index (κ2) is 20.9. The van der Waals surface area contributed by atoms with E-state index in [1.54, 1.807) is 31.2 Å². The lowest BCUT2D eigenvalue weighted by Gasteiger charge is -2.49. The molecule has 0 aromatic heterocycles. The maximum atomic E-state index is 12.8. The third-order valence-electron chi connectivity index (χ3n) is 9.41. The number of ether oxygens (including phenoxy) is 4. The highest BCUT2D eigenvalue weighted by molar-refractivity contribution is 8.00. The van der Waals surface area contributed by atoms with E-state index in [9.17, 15) is 28.7 Å². The van der Waals surface area contributed by atoms with Gasteiger partial charge in [-0.25, -0.2) is 4.79 Å². The van der Waals surface area contributed by atoms with Gasteiger partial charge >= 0.3 is 5.97 Å². The minimum Gasteiger partial charge on any atom is -0.484 e. The number of carbonyl (C=O) groups is 3. The van der Waals surface area contributed by atoms with Crippen molar-refractivity contribution in [2.45, 2.75) is 89.0 Å². The molecule has 1 saturated heterocycles. The van der Waals surface area contributed by atoms with Crippen LogP contribution in [0.15, 0.2) is 84.1 Å². The molecule has 6 rings (SSSR count). The minimum atomic E-state index is -0.762. The normalized spacial score (nSPS) is 17.8. The number of nitro groups is 1. The Hall–Kier alpha value is -4.89. The predicted octanol–water partition coefficient (Wildman–Crippen LogP) is 6.85. The number of unbranched alkanes of at least 4 members (excludes halogenated alkanes) is 5.